The number of hydrogen-bond donors (Lipinski definition) is 1. The number of benzene rings is 1. The van der Waals surface area contributed by atoms with E-state index in [4.69, 9.17) is 0 Å². The summed E-state index contributed by atoms with van der Waals surface area (Å²) in [4.78, 5) is 13.5. The van der Waals surface area contributed by atoms with Crippen LogP contribution in [0.5, 0.6) is 0 Å². The SMILES string of the molecule is O=[N+]([O-])c1cc([C@@H](C2CCCCC2)N2CCNCC2)ccc1Br. The first-order valence-corrected chi connectivity index (χ1v) is 9.35. The molecule has 5 nitrogen and oxygen atoms in total. The quantitative estimate of drug-likeness (QED) is 0.634. The minimum Gasteiger partial charge on any atom is -0.314 e. The molecule has 2 fully saturated rings. The van der Waals surface area contributed by atoms with E-state index in [-0.39, 0.29) is 10.6 Å². The lowest BCUT2D eigenvalue weighted by atomic mass is 9.80. The molecular formula is C17H24BrN3O2. The van der Waals surface area contributed by atoms with Gasteiger partial charge in [-0.1, -0.05) is 25.3 Å². The first-order chi connectivity index (χ1) is 11.2. The zero-order valence-corrected chi connectivity index (χ0v) is 14.9. The van der Waals surface area contributed by atoms with Gasteiger partial charge in [0.05, 0.1) is 9.40 Å². The first-order valence-electron chi connectivity index (χ1n) is 8.55. The summed E-state index contributed by atoms with van der Waals surface area (Å²) in [6.07, 6.45) is 6.36. The second-order valence-electron chi connectivity index (χ2n) is 6.60. The summed E-state index contributed by atoms with van der Waals surface area (Å²) >= 11 is 3.31. The van der Waals surface area contributed by atoms with E-state index in [0.29, 0.717) is 16.4 Å². The average molecular weight is 382 g/mol. The van der Waals surface area contributed by atoms with Crippen molar-refractivity contribution in [3.8, 4) is 0 Å². The number of halogens is 1. The lowest BCUT2D eigenvalue weighted by molar-refractivity contribution is -0.385. The lowest BCUT2D eigenvalue weighted by Crippen LogP contribution is -2.47. The van der Waals surface area contributed by atoms with Gasteiger partial charge in [0, 0.05) is 38.3 Å². The highest BCUT2D eigenvalue weighted by Gasteiger charge is 2.32. The van der Waals surface area contributed by atoms with E-state index in [1.165, 1.54) is 32.1 Å². The molecule has 1 aliphatic heterocycles. The van der Waals surface area contributed by atoms with Gasteiger partial charge in [0.2, 0.25) is 0 Å². The molecule has 1 atom stereocenters. The zero-order chi connectivity index (χ0) is 16.2. The van der Waals surface area contributed by atoms with Gasteiger partial charge in [-0.25, -0.2) is 0 Å². The maximum absolute atomic E-state index is 11.3. The molecule has 1 saturated carbocycles. The van der Waals surface area contributed by atoms with E-state index in [1.54, 1.807) is 6.07 Å². The molecule has 0 aromatic heterocycles. The maximum Gasteiger partial charge on any atom is 0.283 e. The Morgan fingerprint density at radius 1 is 1.22 bits per heavy atom. The summed E-state index contributed by atoms with van der Waals surface area (Å²) < 4.78 is 0.564. The molecule has 0 spiro atoms. The van der Waals surface area contributed by atoms with E-state index in [9.17, 15) is 10.1 Å². The number of piperazine rings is 1. The van der Waals surface area contributed by atoms with Crippen molar-refractivity contribution in [1.29, 1.82) is 0 Å². The van der Waals surface area contributed by atoms with Crippen molar-refractivity contribution in [3.63, 3.8) is 0 Å². The fourth-order valence-electron chi connectivity index (χ4n) is 4.04. The molecule has 1 N–H and O–H groups in total. The molecule has 1 heterocycles. The summed E-state index contributed by atoms with van der Waals surface area (Å²) in [5, 5.41) is 14.7. The molecule has 0 bridgehead atoms. The molecule has 0 unspecified atom stereocenters. The molecule has 0 amide bonds. The summed E-state index contributed by atoms with van der Waals surface area (Å²) in [6.45, 7) is 4.04. The summed E-state index contributed by atoms with van der Waals surface area (Å²) in [5.41, 5.74) is 1.28. The second-order valence-corrected chi connectivity index (χ2v) is 7.45. The summed E-state index contributed by atoms with van der Waals surface area (Å²) in [7, 11) is 0. The first kappa shape index (κ1) is 16.9. The molecule has 23 heavy (non-hydrogen) atoms. The standard InChI is InChI=1S/C17H24BrN3O2/c18-15-7-6-14(12-16(15)21(22)23)17(13-4-2-1-3-5-13)20-10-8-19-9-11-20/h6-7,12-13,17,19H,1-5,8-11H2/t17-/m1/s1. The van der Waals surface area contributed by atoms with E-state index >= 15 is 0 Å². The van der Waals surface area contributed by atoms with Gasteiger partial charge in [-0.2, -0.15) is 0 Å². The van der Waals surface area contributed by atoms with Gasteiger partial charge in [-0.15, -0.1) is 0 Å². The molecule has 1 aliphatic carbocycles. The fourth-order valence-corrected chi connectivity index (χ4v) is 4.44. The number of hydrogen-bond acceptors (Lipinski definition) is 4. The normalized spacial score (nSPS) is 22.0. The smallest absolute Gasteiger partial charge is 0.283 e. The Hall–Kier alpha value is -0.980. The molecule has 1 saturated heterocycles. The fraction of sp³-hybridized carbons (Fsp3) is 0.647. The maximum atomic E-state index is 11.3. The number of nitro groups is 1. The highest BCUT2D eigenvalue weighted by atomic mass is 79.9. The van der Waals surface area contributed by atoms with Gasteiger partial charge in [0.15, 0.2) is 0 Å². The average Bonchev–Trinajstić information content (AvgIpc) is 2.58. The topological polar surface area (TPSA) is 58.4 Å². The van der Waals surface area contributed by atoms with Crippen molar-refractivity contribution in [1.82, 2.24) is 10.2 Å². The van der Waals surface area contributed by atoms with Gasteiger partial charge in [0.1, 0.15) is 0 Å². The minimum atomic E-state index is -0.288. The third kappa shape index (κ3) is 3.92. The van der Waals surface area contributed by atoms with Crippen LogP contribution in [0.1, 0.15) is 43.7 Å². The largest absolute Gasteiger partial charge is 0.314 e. The van der Waals surface area contributed by atoms with Crippen molar-refractivity contribution in [2.45, 2.75) is 38.1 Å². The number of nitrogens with zero attached hydrogens (tertiary/aromatic N) is 2. The van der Waals surface area contributed by atoms with Crippen molar-refractivity contribution in [2.75, 3.05) is 26.2 Å². The highest BCUT2D eigenvalue weighted by molar-refractivity contribution is 9.10. The molecular weight excluding hydrogens is 358 g/mol. The Kier molecular flexibility index (Phi) is 5.67. The van der Waals surface area contributed by atoms with Crippen LogP contribution in [0.25, 0.3) is 0 Å². The van der Waals surface area contributed by atoms with E-state index < -0.39 is 0 Å². The lowest BCUT2D eigenvalue weighted by Gasteiger charge is -2.41. The van der Waals surface area contributed by atoms with Crippen molar-refractivity contribution >= 4 is 21.6 Å². The van der Waals surface area contributed by atoms with Crippen LogP contribution < -0.4 is 5.32 Å². The van der Waals surface area contributed by atoms with Crippen LogP contribution in [0, 0.1) is 16.0 Å². The molecule has 126 valence electrons. The van der Waals surface area contributed by atoms with E-state index in [0.717, 1.165) is 31.7 Å². The number of nitro benzene ring substituents is 1. The zero-order valence-electron chi connectivity index (χ0n) is 13.3. The third-order valence-electron chi connectivity index (χ3n) is 5.15. The van der Waals surface area contributed by atoms with Gasteiger partial charge >= 0.3 is 0 Å². The molecule has 2 aliphatic rings. The predicted molar refractivity (Wildman–Crippen MR) is 94.6 cm³/mol. The van der Waals surface area contributed by atoms with E-state index in [2.05, 4.69) is 32.2 Å². The van der Waals surface area contributed by atoms with Crippen LogP contribution in [0.3, 0.4) is 0 Å². The van der Waals surface area contributed by atoms with Gasteiger partial charge in [-0.05, 0) is 46.3 Å². The molecule has 6 heteroatoms. The van der Waals surface area contributed by atoms with Crippen LogP contribution in [0.2, 0.25) is 0 Å². The van der Waals surface area contributed by atoms with Crippen LogP contribution >= 0.6 is 15.9 Å². The van der Waals surface area contributed by atoms with Crippen molar-refractivity contribution in [2.24, 2.45) is 5.92 Å². The molecule has 0 radical (unpaired) electrons. The Bertz CT molecular complexity index is 537. The van der Waals surface area contributed by atoms with Gasteiger partial charge < -0.3 is 5.32 Å². The molecule has 3 rings (SSSR count). The Balaban J connectivity index is 1.93. The minimum absolute atomic E-state index is 0.179. The van der Waals surface area contributed by atoms with E-state index in [1.807, 2.05) is 6.07 Å². The Morgan fingerprint density at radius 3 is 2.57 bits per heavy atom. The molecule has 1 aromatic carbocycles. The Morgan fingerprint density at radius 2 is 1.91 bits per heavy atom. The predicted octanol–water partition coefficient (Wildman–Crippen LogP) is 3.88. The van der Waals surface area contributed by atoms with Crippen LogP contribution in [-0.2, 0) is 0 Å². The third-order valence-corrected chi connectivity index (χ3v) is 5.82. The highest BCUT2D eigenvalue weighted by Crippen LogP contribution is 2.40. The van der Waals surface area contributed by atoms with Crippen LogP contribution in [0.15, 0.2) is 22.7 Å². The van der Waals surface area contributed by atoms with Gasteiger partial charge in [0.25, 0.3) is 5.69 Å². The Labute approximate surface area is 145 Å². The monoisotopic (exact) mass is 381 g/mol. The van der Waals surface area contributed by atoms with Crippen molar-refractivity contribution in [3.05, 3.63) is 38.3 Å². The van der Waals surface area contributed by atoms with Crippen LogP contribution in [-0.4, -0.2) is 36.0 Å². The van der Waals surface area contributed by atoms with Crippen LogP contribution in [0.4, 0.5) is 5.69 Å². The summed E-state index contributed by atoms with van der Waals surface area (Å²) in [5.74, 6) is 0.614. The van der Waals surface area contributed by atoms with Gasteiger partial charge in [-0.3, -0.25) is 15.0 Å². The summed E-state index contributed by atoms with van der Waals surface area (Å²) in [6, 6.07) is 6.00. The number of nitrogens with one attached hydrogen (secondary N) is 1. The van der Waals surface area contributed by atoms with Crippen molar-refractivity contribution < 1.29 is 4.92 Å². The second kappa shape index (κ2) is 7.73. The number of rotatable bonds is 4. The molecule has 1 aromatic rings.